The molecular weight excluding hydrogens is 343 g/mol. The van der Waals surface area contributed by atoms with Crippen LogP contribution in [0.2, 0.25) is 0 Å². The Hall–Kier alpha value is -2.67. The van der Waals surface area contributed by atoms with Crippen molar-refractivity contribution in [1.29, 1.82) is 0 Å². The van der Waals surface area contributed by atoms with E-state index in [1.807, 2.05) is 31.2 Å². The molecule has 1 aromatic heterocycles. The topological polar surface area (TPSA) is 65.2 Å². The van der Waals surface area contributed by atoms with E-state index in [4.69, 9.17) is 9.15 Å². The molecule has 3 aromatic rings. The average molecular weight is 358 g/mol. The number of carbonyl (C=O) groups excluding carboxylic acids is 1. The molecule has 0 atom stereocenters. The van der Waals surface area contributed by atoms with Gasteiger partial charge in [0.2, 0.25) is 0 Å². The first kappa shape index (κ1) is 17.2. The summed E-state index contributed by atoms with van der Waals surface area (Å²) in [6.07, 6.45) is 0. The summed E-state index contributed by atoms with van der Waals surface area (Å²) < 4.78 is 24.0. The molecule has 0 N–H and O–H groups in total. The maximum atomic E-state index is 12.9. The number of para-hydroxylation sites is 1. The summed E-state index contributed by atoms with van der Waals surface area (Å²) in [5.41, 5.74) is 1.14. The Morgan fingerprint density at radius 1 is 1.16 bits per heavy atom. The third-order valence-electron chi connectivity index (χ3n) is 3.32. The third kappa shape index (κ3) is 4.24. The zero-order chi connectivity index (χ0) is 17.6. The van der Waals surface area contributed by atoms with Gasteiger partial charge in [0.25, 0.3) is 11.1 Å². The molecule has 1 heterocycles. The van der Waals surface area contributed by atoms with E-state index in [2.05, 4.69) is 10.2 Å². The van der Waals surface area contributed by atoms with E-state index < -0.39 is 0 Å². The van der Waals surface area contributed by atoms with Gasteiger partial charge in [-0.25, -0.2) is 4.39 Å². The summed E-state index contributed by atoms with van der Waals surface area (Å²) in [5.74, 6) is 0.604. The second kappa shape index (κ2) is 7.94. The van der Waals surface area contributed by atoms with Crippen LogP contribution in [0.15, 0.2) is 58.2 Å². The first-order chi connectivity index (χ1) is 12.2. The summed E-state index contributed by atoms with van der Waals surface area (Å²) in [6.45, 7) is 2.42. The molecule has 3 rings (SSSR count). The predicted octanol–water partition coefficient (Wildman–Crippen LogP) is 4.25. The van der Waals surface area contributed by atoms with Gasteiger partial charge in [0.1, 0.15) is 11.6 Å². The van der Waals surface area contributed by atoms with Gasteiger partial charge in [0.05, 0.1) is 17.9 Å². The van der Waals surface area contributed by atoms with Gasteiger partial charge in [-0.3, -0.25) is 4.79 Å². The molecule has 128 valence electrons. The molecular formula is C18H15FN2O3S. The molecule has 0 amide bonds. The highest BCUT2D eigenvalue weighted by atomic mass is 32.2. The molecule has 0 aliphatic rings. The van der Waals surface area contributed by atoms with Crippen LogP contribution < -0.4 is 4.74 Å². The van der Waals surface area contributed by atoms with Crippen LogP contribution in [0.5, 0.6) is 5.75 Å². The predicted molar refractivity (Wildman–Crippen MR) is 92.4 cm³/mol. The van der Waals surface area contributed by atoms with Crippen molar-refractivity contribution in [1.82, 2.24) is 10.2 Å². The fraction of sp³-hybridized carbons (Fsp3) is 0.167. The molecule has 5 nitrogen and oxygen atoms in total. The van der Waals surface area contributed by atoms with E-state index in [9.17, 15) is 9.18 Å². The van der Waals surface area contributed by atoms with Crippen LogP contribution in [-0.4, -0.2) is 28.3 Å². The second-order valence-electron chi connectivity index (χ2n) is 5.02. The highest BCUT2D eigenvalue weighted by Crippen LogP contribution is 2.30. The van der Waals surface area contributed by atoms with Gasteiger partial charge in [-0.05, 0) is 43.3 Å². The van der Waals surface area contributed by atoms with Crippen molar-refractivity contribution in [3.8, 4) is 17.2 Å². The SMILES string of the molecule is CCOc1ccccc1-c1nnc(SCC(=O)c2ccc(F)cc2)o1. The van der Waals surface area contributed by atoms with Crippen LogP contribution in [0.4, 0.5) is 4.39 Å². The molecule has 0 aliphatic heterocycles. The van der Waals surface area contributed by atoms with E-state index in [1.165, 1.54) is 24.3 Å². The number of hydrogen-bond donors (Lipinski definition) is 0. The number of nitrogens with zero attached hydrogens (tertiary/aromatic N) is 2. The Kier molecular flexibility index (Phi) is 5.45. The second-order valence-corrected chi connectivity index (χ2v) is 5.95. The lowest BCUT2D eigenvalue weighted by atomic mass is 10.1. The molecule has 0 radical (unpaired) electrons. The zero-order valence-corrected chi connectivity index (χ0v) is 14.3. The normalized spacial score (nSPS) is 10.6. The van der Waals surface area contributed by atoms with Gasteiger partial charge in [-0.15, -0.1) is 10.2 Å². The molecule has 7 heteroatoms. The standard InChI is InChI=1S/C18H15FN2O3S/c1-2-23-16-6-4-3-5-14(16)17-20-21-18(24-17)25-11-15(22)12-7-9-13(19)10-8-12/h3-10H,2,11H2,1H3. The number of ketones is 1. The number of halogens is 1. The van der Waals surface area contributed by atoms with Gasteiger partial charge < -0.3 is 9.15 Å². The van der Waals surface area contributed by atoms with E-state index in [1.54, 1.807) is 0 Å². The van der Waals surface area contributed by atoms with Crippen LogP contribution in [0, 0.1) is 5.82 Å². The molecule has 0 spiro atoms. The summed E-state index contributed by atoms with van der Waals surface area (Å²) in [4.78, 5) is 12.1. The van der Waals surface area contributed by atoms with Crippen molar-refractivity contribution in [2.45, 2.75) is 12.1 Å². The van der Waals surface area contributed by atoms with Crippen LogP contribution in [0.1, 0.15) is 17.3 Å². The molecule has 0 fully saturated rings. The van der Waals surface area contributed by atoms with Crippen molar-refractivity contribution >= 4 is 17.5 Å². The number of aromatic nitrogens is 2. The molecule has 0 unspecified atom stereocenters. The lowest BCUT2D eigenvalue weighted by Crippen LogP contribution is -2.02. The van der Waals surface area contributed by atoms with Crippen molar-refractivity contribution in [3.63, 3.8) is 0 Å². The van der Waals surface area contributed by atoms with Gasteiger partial charge in [0, 0.05) is 5.56 Å². The van der Waals surface area contributed by atoms with E-state index >= 15 is 0 Å². The molecule has 0 saturated heterocycles. The Bertz CT molecular complexity index is 865. The first-order valence-electron chi connectivity index (χ1n) is 7.64. The van der Waals surface area contributed by atoms with Crippen LogP contribution in [0.25, 0.3) is 11.5 Å². The van der Waals surface area contributed by atoms with E-state index in [-0.39, 0.29) is 22.6 Å². The van der Waals surface area contributed by atoms with E-state index in [0.29, 0.717) is 29.4 Å². The average Bonchev–Trinajstić information content (AvgIpc) is 3.10. The number of carbonyl (C=O) groups is 1. The molecule has 0 bridgehead atoms. The Labute approximate surface area is 148 Å². The maximum Gasteiger partial charge on any atom is 0.277 e. The molecule has 2 aromatic carbocycles. The fourth-order valence-corrected chi connectivity index (χ4v) is 2.81. The molecule has 0 aliphatic carbocycles. The largest absolute Gasteiger partial charge is 0.493 e. The third-order valence-corrected chi connectivity index (χ3v) is 4.14. The zero-order valence-electron chi connectivity index (χ0n) is 13.4. The Morgan fingerprint density at radius 2 is 1.92 bits per heavy atom. The smallest absolute Gasteiger partial charge is 0.277 e. The lowest BCUT2D eigenvalue weighted by molar-refractivity contribution is 0.102. The molecule has 0 saturated carbocycles. The summed E-state index contributed by atoms with van der Waals surface area (Å²) in [5, 5.41) is 8.25. The van der Waals surface area contributed by atoms with Crippen LogP contribution in [0.3, 0.4) is 0 Å². The maximum absolute atomic E-state index is 12.9. The number of hydrogen-bond acceptors (Lipinski definition) is 6. The number of Topliss-reactive ketones (excluding diaryl/α,β-unsaturated/α-hetero) is 1. The number of ether oxygens (including phenoxy) is 1. The van der Waals surface area contributed by atoms with Crippen molar-refractivity contribution in [3.05, 3.63) is 59.9 Å². The highest BCUT2D eigenvalue weighted by molar-refractivity contribution is 7.99. The summed E-state index contributed by atoms with van der Waals surface area (Å²) >= 11 is 1.14. The van der Waals surface area contributed by atoms with Gasteiger partial charge in [-0.1, -0.05) is 23.9 Å². The minimum absolute atomic E-state index is 0.125. The molecule has 25 heavy (non-hydrogen) atoms. The number of benzene rings is 2. The summed E-state index contributed by atoms with van der Waals surface area (Å²) in [7, 11) is 0. The quantitative estimate of drug-likeness (QED) is 0.465. The lowest BCUT2D eigenvalue weighted by Gasteiger charge is -2.06. The highest BCUT2D eigenvalue weighted by Gasteiger charge is 2.15. The first-order valence-corrected chi connectivity index (χ1v) is 8.63. The number of rotatable bonds is 7. The van der Waals surface area contributed by atoms with Crippen molar-refractivity contribution in [2.24, 2.45) is 0 Å². The van der Waals surface area contributed by atoms with Crippen molar-refractivity contribution < 1.29 is 18.3 Å². The van der Waals surface area contributed by atoms with Gasteiger partial charge in [0.15, 0.2) is 5.78 Å². The van der Waals surface area contributed by atoms with Crippen LogP contribution >= 0.6 is 11.8 Å². The fourth-order valence-electron chi connectivity index (χ4n) is 2.15. The van der Waals surface area contributed by atoms with Crippen molar-refractivity contribution in [2.75, 3.05) is 12.4 Å². The van der Waals surface area contributed by atoms with Crippen LogP contribution in [-0.2, 0) is 0 Å². The van der Waals surface area contributed by atoms with Gasteiger partial charge in [-0.2, -0.15) is 0 Å². The van der Waals surface area contributed by atoms with Gasteiger partial charge >= 0.3 is 0 Å². The Balaban J connectivity index is 1.68. The summed E-state index contributed by atoms with van der Waals surface area (Å²) in [6, 6.07) is 12.8. The van der Waals surface area contributed by atoms with E-state index in [0.717, 1.165) is 11.8 Å². The Morgan fingerprint density at radius 3 is 2.68 bits per heavy atom. The minimum atomic E-state index is -0.376. The monoisotopic (exact) mass is 358 g/mol. The number of thioether (sulfide) groups is 1. The minimum Gasteiger partial charge on any atom is -0.493 e.